The Balaban J connectivity index is 1.47. The third kappa shape index (κ3) is 4.98. The number of fused-ring (bicyclic) bond motifs is 3. The molecule has 1 fully saturated rings. The fourth-order valence-electron chi connectivity index (χ4n) is 7.10. The lowest BCUT2D eigenvalue weighted by Crippen LogP contribution is -2.42. The first-order valence-corrected chi connectivity index (χ1v) is 18.9. The lowest BCUT2D eigenvalue weighted by atomic mass is 9.94. The predicted molar refractivity (Wildman–Crippen MR) is 190 cm³/mol. The van der Waals surface area contributed by atoms with Gasteiger partial charge in [0.05, 0.1) is 54.8 Å². The van der Waals surface area contributed by atoms with Gasteiger partial charge in [0.2, 0.25) is 5.91 Å². The van der Waals surface area contributed by atoms with E-state index in [2.05, 4.69) is 16.0 Å². The monoisotopic (exact) mass is 715 g/mol. The number of rotatable bonds is 5. The molecule has 1 saturated heterocycles. The summed E-state index contributed by atoms with van der Waals surface area (Å²) in [4.78, 5) is 19.6. The first kappa shape index (κ1) is 32.4. The lowest BCUT2D eigenvalue weighted by molar-refractivity contribution is -0.129. The third-order valence-electron chi connectivity index (χ3n) is 9.70. The molecule has 4 aromatic heterocycles. The molecule has 1 amide bonds. The van der Waals surface area contributed by atoms with Gasteiger partial charge < -0.3 is 4.90 Å². The van der Waals surface area contributed by atoms with Crippen molar-refractivity contribution in [2.75, 3.05) is 18.1 Å². The summed E-state index contributed by atoms with van der Waals surface area (Å²) in [6.07, 6.45) is 1.95. The molecule has 6 aromatic rings. The van der Waals surface area contributed by atoms with Crippen molar-refractivity contribution >= 4 is 53.6 Å². The molecule has 256 valence electrons. The van der Waals surface area contributed by atoms with Crippen LogP contribution in [0.1, 0.15) is 43.7 Å². The first-order valence-electron chi connectivity index (χ1n) is 16.2. The SMILES string of the molecule is C=CC(=O)N1C[C@H](C)n2nc(-c3nc(-c4ccc5c(C)nn(C)c5c4)c4scc(F)c4c3-c3c(F)cc(F)cc3N=S3(=O)CCC3)cc2[C@H]1C. The van der Waals surface area contributed by atoms with Crippen molar-refractivity contribution in [3.63, 3.8) is 0 Å². The number of pyridine rings is 1. The Kier molecular flexibility index (Phi) is 7.53. The number of halogens is 3. The van der Waals surface area contributed by atoms with Crippen molar-refractivity contribution in [1.29, 1.82) is 0 Å². The molecule has 2 aliphatic heterocycles. The second kappa shape index (κ2) is 11.6. The standard InChI is InChI=1S/C36H32F3N7O2S2/c1-6-30(47)45-16-18(2)46-28(20(45)4)15-27(42-46)35-33(31-24(38)13-22(37)14-26(31)43-50(48)10-7-11-50)32-25(39)17-49-36(32)34(40-35)21-8-9-23-19(3)41-44(5)29(23)12-21/h6,8-9,12-15,17-18,20H,1,7,10-11,16H2,2-5H3/t18-,20+/m0/s1. The van der Waals surface area contributed by atoms with Gasteiger partial charge in [-0.15, -0.1) is 11.3 Å². The van der Waals surface area contributed by atoms with E-state index in [-0.39, 0.29) is 39.8 Å². The van der Waals surface area contributed by atoms with Gasteiger partial charge >= 0.3 is 0 Å². The molecule has 2 aromatic carbocycles. The van der Waals surface area contributed by atoms with Crippen LogP contribution >= 0.6 is 11.3 Å². The quantitative estimate of drug-likeness (QED) is 0.168. The Morgan fingerprint density at radius 3 is 2.56 bits per heavy atom. The van der Waals surface area contributed by atoms with E-state index in [0.29, 0.717) is 51.8 Å². The Bertz CT molecular complexity index is 2550. The zero-order valence-corrected chi connectivity index (χ0v) is 29.3. The van der Waals surface area contributed by atoms with Crippen molar-refractivity contribution in [3.05, 3.63) is 83.3 Å². The molecule has 8 rings (SSSR count). The summed E-state index contributed by atoms with van der Waals surface area (Å²) < 4.78 is 69.3. The molecule has 50 heavy (non-hydrogen) atoms. The third-order valence-corrected chi connectivity index (χ3v) is 13.0. The summed E-state index contributed by atoms with van der Waals surface area (Å²) in [6.45, 7) is 9.74. The minimum absolute atomic E-state index is 0.0355. The van der Waals surface area contributed by atoms with Crippen molar-refractivity contribution in [3.8, 4) is 33.8 Å². The maximum Gasteiger partial charge on any atom is 0.246 e. The number of nitrogens with zero attached hydrogens (tertiary/aromatic N) is 7. The smallest absolute Gasteiger partial charge is 0.246 e. The fourth-order valence-corrected chi connectivity index (χ4v) is 9.50. The van der Waals surface area contributed by atoms with Gasteiger partial charge in [-0.2, -0.15) is 14.6 Å². The summed E-state index contributed by atoms with van der Waals surface area (Å²) in [6, 6.07) is 8.65. The molecule has 14 heteroatoms. The largest absolute Gasteiger partial charge is 0.329 e. The van der Waals surface area contributed by atoms with E-state index in [1.54, 1.807) is 20.3 Å². The number of amides is 1. The summed E-state index contributed by atoms with van der Waals surface area (Å²) in [5, 5.41) is 11.8. The van der Waals surface area contributed by atoms with E-state index in [9.17, 15) is 13.4 Å². The molecule has 2 aliphatic rings. The molecule has 2 atom stereocenters. The van der Waals surface area contributed by atoms with Gasteiger partial charge in [-0.05, 0) is 45.4 Å². The fraction of sp³-hybridized carbons (Fsp3) is 0.278. The van der Waals surface area contributed by atoms with Crippen molar-refractivity contribution in [2.24, 2.45) is 11.4 Å². The molecule has 0 bridgehead atoms. The van der Waals surface area contributed by atoms with E-state index in [1.807, 2.05) is 46.0 Å². The van der Waals surface area contributed by atoms with E-state index in [0.717, 1.165) is 40.1 Å². The molecular weight excluding hydrogens is 684 g/mol. The second-order valence-electron chi connectivity index (χ2n) is 12.9. The molecule has 0 radical (unpaired) electrons. The zero-order valence-electron chi connectivity index (χ0n) is 27.7. The van der Waals surface area contributed by atoms with Crippen LogP contribution < -0.4 is 0 Å². The average molecular weight is 716 g/mol. The molecule has 0 aliphatic carbocycles. The van der Waals surface area contributed by atoms with Crippen molar-refractivity contribution in [1.82, 2.24) is 29.4 Å². The van der Waals surface area contributed by atoms with Crippen LogP contribution in [0.15, 0.2) is 58.8 Å². The summed E-state index contributed by atoms with van der Waals surface area (Å²) >= 11 is 1.12. The second-order valence-corrected chi connectivity index (χ2v) is 16.4. The minimum atomic E-state index is -2.73. The van der Waals surface area contributed by atoms with Crippen LogP contribution in [0.5, 0.6) is 0 Å². The number of aryl methyl sites for hydroxylation is 2. The number of hydrogen-bond acceptors (Lipinski definition) is 7. The number of hydrogen-bond donors (Lipinski definition) is 0. The Hall–Kier alpha value is -4.82. The topological polar surface area (TPSA) is 98.3 Å². The highest BCUT2D eigenvalue weighted by molar-refractivity contribution is 7.95. The van der Waals surface area contributed by atoms with Crippen LogP contribution in [-0.4, -0.2) is 57.6 Å². The van der Waals surface area contributed by atoms with Crippen LogP contribution in [0.4, 0.5) is 18.9 Å². The van der Waals surface area contributed by atoms with Crippen molar-refractivity contribution < 1.29 is 22.2 Å². The highest BCUT2D eigenvalue weighted by Gasteiger charge is 2.35. The summed E-state index contributed by atoms with van der Waals surface area (Å²) in [7, 11) is -0.892. The molecule has 9 nitrogen and oxygen atoms in total. The molecular formula is C36H32F3N7O2S2. The lowest BCUT2D eigenvalue weighted by Gasteiger charge is -2.36. The number of carbonyl (C=O) groups excluding carboxylic acids is 1. The van der Waals surface area contributed by atoms with Crippen LogP contribution in [0.25, 0.3) is 54.8 Å². The van der Waals surface area contributed by atoms with Gasteiger partial charge in [0.1, 0.15) is 28.8 Å². The first-order chi connectivity index (χ1) is 23.9. The normalized spacial score (nSPS) is 18.3. The number of thiophene rings is 1. The van der Waals surface area contributed by atoms with Gasteiger partial charge in [0.25, 0.3) is 0 Å². The molecule has 0 unspecified atom stereocenters. The maximum atomic E-state index is 16.3. The van der Waals surface area contributed by atoms with Gasteiger partial charge in [0.15, 0.2) is 0 Å². The number of carbonyl (C=O) groups is 1. The highest BCUT2D eigenvalue weighted by Crippen LogP contribution is 2.49. The molecule has 0 saturated carbocycles. The Morgan fingerprint density at radius 2 is 1.84 bits per heavy atom. The van der Waals surface area contributed by atoms with Crippen LogP contribution in [0.2, 0.25) is 0 Å². The number of benzene rings is 2. The van der Waals surface area contributed by atoms with E-state index >= 15 is 8.78 Å². The van der Waals surface area contributed by atoms with E-state index < -0.39 is 33.2 Å². The van der Waals surface area contributed by atoms with Gasteiger partial charge in [-0.3, -0.25) is 14.2 Å². The van der Waals surface area contributed by atoms with E-state index in [4.69, 9.17) is 10.1 Å². The predicted octanol–water partition coefficient (Wildman–Crippen LogP) is 8.26. The molecule has 0 N–H and O–H groups in total. The minimum Gasteiger partial charge on any atom is -0.329 e. The average Bonchev–Trinajstić information content (AvgIpc) is 3.77. The zero-order chi connectivity index (χ0) is 35.2. The van der Waals surface area contributed by atoms with E-state index in [1.165, 1.54) is 11.5 Å². The highest BCUT2D eigenvalue weighted by atomic mass is 32.2. The summed E-state index contributed by atoms with van der Waals surface area (Å²) in [5.74, 6) is -2.14. The van der Waals surface area contributed by atoms with Gasteiger partial charge in [-0.25, -0.2) is 22.4 Å². The van der Waals surface area contributed by atoms with Gasteiger partial charge in [0, 0.05) is 70.1 Å². The maximum absolute atomic E-state index is 16.3. The number of aromatic nitrogens is 5. The van der Waals surface area contributed by atoms with Gasteiger partial charge in [-0.1, -0.05) is 18.7 Å². The Labute approximate surface area is 290 Å². The molecule has 0 spiro atoms. The van der Waals surface area contributed by atoms with Crippen LogP contribution in [0, 0.1) is 24.4 Å². The summed E-state index contributed by atoms with van der Waals surface area (Å²) in [5.41, 5.74) is 3.62. The Morgan fingerprint density at radius 1 is 1.06 bits per heavy atom. The van der Waals surface area contributed by atoms with Crippen LogP contribution in [0.3, 0.4) is 0 Å². The van der Waals surface area contributed by atoms with Crippen molar-refractivity contribution in [2.45, 2.75) is 39.3 Å². The molecule has 6 heterocycles. The van der Waals surface area contributed by atoms with Crippen LogP contribution in [-0.2, 0) is 21.6 Å².